The first-order chi connectivity index (χ1) is 11.3. The van der Waals surface area contributed by atoms with E-state index in [9.17, 15) is 14.0 Å². The molecule has 1 atom stereocenters. The van der Waals surface area contributed by atoms with Crippen molar-refractivity contribution in [2.45, 2.75) is 44.6 Å². The zero-order chi connectivity index (χ0) is 17.8. The van der Waals surface area contributed by atoms with Crippen LogP contribution in [0.1, 0.15) is 39.2 Å². The number of hydrogen-bond acceptors (Lipinski definition) is 3. The highest BCUT2D eigenvalue weighted by Crippen LogP contribution is 2.34. The summed E-state index contributed by atoms with van der Waals surface area (Å²) in [5.41, 5.74) is -0.475. The van der Waals surface area contributed by atoms with E-state index in [4.69, 9.17) is 4.74 Å². The summed E-state index contributed by atoms with van der Waals surface area (Å²) in [6, 6.07) is 6.05. The number of amides is 1. The Morgan fingerprint density at radius 2 is 2.00 bits per heavy atom. The highest BCUT2D eigenvalue weighted by Gasteiger charge is 2.38. The number of likely N-dealkylation sites (tertiary alicyclic amines) is 1. The van der Waals surface area contributed by atoms with E-state index in [1.54, 1.807) is 17.0 Å². The topological polar surface area (TPSA) is 46.6 Å². The standard InChI is InChI=1S/C19H22FNO3/c1-18(2,3)24-17(23)21-12-4-10-19(14-21,11-5-13-22)15-6-8-16(20)9-7-15/h6-9,13H,4,10,12,14H2,1-3H3. The molecule has 4 nitrogen and oxygen atoms in total. The molecule has 1 aromatic rings. The maximum atomic E-state index is 13.2. The number of hydrogen-bond donors (Lipinski definition) is 0. The van der Waals surface area contributed by atoms with Gasteiger partial charge >= 0.3 is 6.09 Å². The van der Waals surface area contributed by atoms with E-state index >= 15 is 0 Å². The summed E-state index contributed by atoms with van der Waals surface area (Å²) in [6.07, 6.45) is 1.56. The lowest BCUT2D eigenvalue weighted by atomic mass is 9.74. The molecule has 1 aliphatic heterocycles. The lowest BCUT2D eigenvalue weighted by molar-refractivity contribution is -0.103. The molecule has 2 rings (SSSR count). The fourth-order valence-electron chi connectivity index (χ4n) is 2.88. The Kier molecular flexibility index (Phi) is 5.28. The van der Waals surface area contributed by atoms with Gasteiger partial charge in [0.1, 0.15) is 11.4 Å². The lowest BCUT2D eigenvalue weighted by Gasteiger charge is -2.40. The molecular formula is C19H22FNO3. The molecule has 0 aliphatic carbocycles. The Labute approximate surface area is 142 Å². The number of carbonyl (C=O) groups is 2. The number of carbonyl (C=O) groups excluding carboxylic acids is 2. The van der Waals surface area contributed by atoms with Gasteiger partial charge in [0.05, 0.1) is 5.41 Å². The summed E-state index contributed by atoms with van der Waals surface area (Å²) < 4.78 is 18.7. The van der Waals surface area contributed by atoms with E-state index in [1.165, 1.54) is 12.1 Å². The normalized spacial score (nSPS) is 20.8. The number of rotatable bonds is 1. The minimum Gasteiger partial charge on any atom is -0.444 e. The molecule has 1 heterocycles. The van der Waals surface area contributed by atoms with Gasteiger partial charge in [-0.2, -0.15) is 0 Å². The third kappa shape index (κ3) is 4.35. The zero-order valence-corrected chi connectivity index (χ0v) is 14.3. The SMILES string of the molecule is CC(C)(C)OC(=O)N1CCCC(C#CC=O)(c2ccc(F)cc2)C1. The van der Waals surface area contributed by atoms with Crippen LogP contribution in [0, 0.1) is 17.7 Å². The monoisotopic (exact) mass is 331 g/mol. The van der Waals surface area contributed by atoms with Crippen LogP contribution < -0.4 is 0 Å². The first-order valence-corrected chi connectivity index (χ1v) is 7.96. The molecule has 1 amide bonds. The van der Waals surface area contributed by atoms with Crippen molar-refractivity contribution in [3.63, 3.8) is 0 Å². The summed E-state index contributed by atoms with van der Waals surface area (Å²) in [4.78, 5) is 24.7. The van der Waals surface area contributed by atoms with Gasteiger partial charge in [-0.05, 0) is 57.2 Å². The van der Waals surface area contributed by atoms with Crippen molar-refractivity contribution in [1.29, 1.82) is 0 Å². The van der Waals surface area contributed by atoms with E-state index in [0.29, 0.717) is 25.8 Å². The molecule has 0 radical (unpaired) electrons. The quantitative estimate of drug-likeness (QED) is 0.586. The molecular weight excluding hydrogens is 309 g/mol. The van der Waals surface area contributed by atoms with Gasteiger partial charge in [0, 0.05) is 13.1 Å². The van der Waals surface area contributed by atoms with Crippen molar-refractivity contribution < 1.29 is 18.7 Å². The van der Waals surface area contributed by atoms with Gasteiger partial charge in [-0.25, -0.2) is 9.18 Å². The maximum Gasteiger partial charge on any atom is 0.410 e. The summed E-state index contributed by atoms with van der Waals surface area (Å²) >= 11 is 0. The first-order valence-electron chi connectivity index (χ1n) is 7.96. The van der Waals surface area contributed by atoms with Gasteiger partial charge in [0.15, 0.2) is 6.29 Å². The first kappa shape index (κ1) is 18.0. The summed E-state index contributed by atoms with van der Waals surface area (Å²) in [5.74, 6) is 5.12. The van der Waals surface area contributed by atoms with Crippen molar-refractivity contribution in [1.82, 2.24) is 4.90 Å². The molecule has 0 bridgehead atoms. The van der Waals surface area contributed by atoms with Crippen LogP contribution in [0.3, 0.4) is 0 Å². The van der Waals surface area contributed by atoms with Crippen LogP contribution in [-0.4, -0.2) is 36.0 Å². The Morgan fingerprint density at radius 3 is 2.58 bits per heavy atom. The zero-order valence-electron chi connectivity index (χ0n) is 14.3. The minimum absolute atomic E-state index is 0.314. The molecule has 1 unspecified atom stereocenters. The second-order valence-corrected chi connectivity index (χ2v) is 6.98. The molecule has 0 spiro atoms. The molecule has 1 saturated heterocycles. The fourth-order valence-corrected chi connectivity index (χ4v) is 2.88. The van der Waals surface area contributed by atoms with Crippen LogP contribution in [0.15, 0.2) is 24.3 Å². The predicted octanol–water partition coefficient (Wildman–Crippen LogP) is 3.30. The van der Waals surface area contributed by atoms with Crippen LogP contribution in [0.5, 0.6) is 0 Å². The highest BCUT2D eigenvalue weighted by molar-refractivity contribution is 5.74. The van der Waals surface area contributed by atoms with E-state index < -0.39 is 17.1 Å². The molecule has 0 N–H and O–H groups in total. The van der Waals surface area contributed by atoms with Crippen molar-refractivity contribution in [2.75, 3.05) is 13.1 Å². The van der Waals surface area contributed by atoms with E-state index in [1.807, 2.05) is 20.8 Å². The number of ether oxygens (including phenoxy) is 1. The molecule has 24 heavy (non-hydrogen) atoms. The van der Waals surface area contributed by atoms with Crippen LogP contribution in [0.25, 0.3) is 0 Å². The Bertz CT molecular complexity index is 667. The van der Waals surface area contributed by atoms with Crippen LogP contribution in [-0.2, 0) is 14.9 Å². The predicted molar refractivity (Wildman–Crippen MR) is 89.0 cm³/mol. The number of piperidine rings is 1. The summed E-state index contributed by atoms with van der Waals surface area (Å²) in [7, 11) is 0. The van der Waals surface area contributed by atoms with E-state index in [-0.39, 0.29) is 5.82 Å². The maximum absolute atomic E-state index is 13.2. The second kappa shape index (κ2) is 7.04. The summed E-state index contributed by atoms with van der Waals surface area (Å²) in [5, 5.41) is 0. The van der Waals surface area contributed by atoms with Crippen LogP contribution in [0.2, 0.25) is 0 Å². The largest absolute Gasteiger partial charge is 0.444 e. The molecule has 1 aromatic carbocycles. The molecule has 1 aliphatic rings. The molecule has 128 valence electrons. The van der Waals surface area contributed by atoms with Gasteiger partial charge < -0.3 is 9.64 Å². The average Bonchev–Trinajstić information content (AvgIpc) is 2.52. The van der Waals surface area contributed by atoms with Gasteiger partial charge in [-0.3, -0.25) is 4.79 Å². The third-order valence-electron chi connectivity index (χ3n) is 3.91. The Morgan fingerprint density at radius 1 is 1.33 bits per heavy atom. The highest BCUT2D eigenvalue weighted by atomic mass is 19.1. The molecule has 0 aromatic heterocycles. The van der Waals surface area contributed by atoms with Gasteiger partial charge in [0.2, 0.25) is 0 Å². The fraction of sp³-hybridized carbons (Fsp3) is 0.474. The van der Waals surface area contributed by atoms with E-state index in [0.717, 1.165) is 12.0 Å². The van der Waals surface area contributed by atoms with Crippen molar-refractivity contribution in [2.24, 2.45) is 0 Å². The van der Waals surface area contributed by atoms with Gasteiger partial charge in [-0.1, -0.05) is 18.1 Å². The molecule has 0 saturated carbocycles. The van der Waals surface area contributed by atoms with Crippen LogP contribution in [0.4, 0.5) is 9.18 Å². The Balaban J connectivity index is 2.32. The second-order valence-electron chi connectivity index (χ2n) is 6.98. The Hall–Kier alpha value is -2.35. The van der Waals surface area contributed by atoms with E-state index in [2.05, 4.69) is 11.8 Å². The third-order valence-corrected chi connectivity index (χ3v) is 3.91. The van der Waals surface area contributed by atoms with Crippen molar-refractivity contribution in [3.8, 4) is 11.8 Å². The number of aldehydes is 1. The average molecular weight is 331 g/mol. The van der Waals surface area contributed by atoms with Crippen LogP contribution >= 0.6 is 0 Å². The molecule has 5 heteroatoms. The minimum atomic E-state index is -0.691. The number of benzene rings is 1. The van der Waals surface area contributed by atoms with Gasteiger partial charge in [0.25, 0.3) is 0 Å². The smallest absolute Gasteiger partial charge is 0.410 e. The molecule has 1 fully saturated rings. The number of nitrogens with zero attached hydrogens (tertiary/aromatic N) is 1. The van der Waals surface area contributed by atoms with Crippen molar-refractivity contribution >= 4 is 12.4 Å². The van der Waals surface area contributed by atoms with Crippen molar-refractivity contribution in [3.05, 3.63) is 35.6 Å². The lowest BCUT2D eigenvalue weighted by Crippen LogP contribution is -2.49. The summed E-state index contributed by atoms with van der Waals surface area (Å²) in [6.45, 7) is 6.33. The van der Waals surface area contributed by atoms with Gasteiger partial charge in [-0.15, -0.1) is 0 Å². The number of halogens is 1.